The van der Waals surface area contributed by atoms with Gasteiger partial charge in [-0.3, -0.25) is 4.79 Å². The van der Waals surface area contributed by atoms with Gasteiger partial charge in [-0.15, -0.1) is 0 Å². The summed E-state index contributed by atoms with van der Waals surface area (Å²) >= 11 is 0. The molecule has 1 aliphatic heterocycles. The number of amides is 1. The molecule has 30 heavy (non-hydrogen) atoms. The topological polar surface area (TPSA) is 88.4 Å². The van der Waals surface area contributed by atoms with Crippen molar-refractivity contribution < 1.29 is 13.2 Å². The SMILES string of the molecule is CCCCn1nc(C)c2c(C(=O)N3CCN(S(=O)(=O)CC)CC3)cc(C3CC3)nc21. The summed E-state index contributed by atoms with van der Waals surface area (Å²) < 4.78 is 27.7. The van der Waals surface area contributed by atoms with Crippen LogP contribution in [-0.4, -0.2) is 70.2 Å². The fourth-order valence-electron chi connectivity index (χ4n) is 4.12. The lowest BCUT2D eigenvalue weighted by Gasteiger charge is -2.34. The zero-order chi connectivity index (χ0) is 21.5. The first-order valence-electron chi connectivity index (χ1n) is 11.0. The molecule has 1 amide bonds. The number of aryl methyl sites for hydroxylation is 2. The van der Waals surface area contributed by atoms with Gasteiger partial charge in [0.15, 0.2) is 5.65 Å². The highest BCUT2D eigenvalue weighted by atomic mass is 32.2. The highest BCUT2D eigenvalue weighted by Gasteiger charge is 2.32. The molecular formula is C21H31N5O3S. The number of aromatic nitrogens is 3. The molecule has 1 aliphatic carbocycles. The Balaban J connectivity index is 1.66. The predicted octanol–water partition coefficient (Wildman–Crippen LogP) is 2.52. The van der Waals surface area contributed by atoms with E-state index >= 15 is 0 Å². The third-order valence-corrected chi connectivity index (χ3v) is 8.01. The molecule has 1 saturated heterocycles. The maximum Gasteiger partial charge on any atom is 0.254 e. The molecule has 3 heterocycles. The number of carbonyl (C=O) groups excluding carboxylic acids is 1. The Hall–Kier alpha value is -2.00. The van der Waals surface area contributed by atoms with E-state index in [0.29, 0.717) is 37.7 Å². The van der Waals surface area contributed by atoms with Crippen molar-refractivity contribution in [3.05, 3.63) is 23.0 Å². The van der Waals surface area contributed by atoms with Gasteiger partial charge in [0.25, 0.3) is 5.91 Å². The molecule has 0 bridgehead atoms. The van der Waals surface area contributed by atoms with Crippen LogP contribution < -0.4 is 0 Å². The maximum atomic E-state index is 13.5. The molecule has 2 aromatic heterocycles. The van der Waals surface area contributed by atoms with Gasteiger partial charge in [0, 0.05) is 44.3 Å². The van der Waals surface area contributed by atoms with Crippen LogP contribution in [0.2, 0.25) is 0 Å². The van der Waals surface area contributed by atoms with E-state index in [0.717, 1.165) is 54.6 Å². The Morgan fingerprint density at radius 3 is 2.47 bits per heavy atom. The Morgan fingerprint density at radius 2 is 1.87 bits per heavy atom. The molecule has 0 unspecified atom stereocenters. The van der Waals surface area contributed by atoms with Gasteiger partial charge < -0.3 is 4.90 Å². The van der Waals surface area contributed by atoms with Gasteiger partial charge in [-0.25, -0.2) is 18.1 Å². The van der Waals surface area contributed by atoms with Crippen LogP contribution in [0.15, 0.2) is 6.07 Å². The summed E-state index contributed by atoms with van der Waals surface area (Å²) in [4.78, 5) is 20.2. The van der Waals surface area contributed by atoms with Gasteiger partial charge in [-0.2, -0.15) is 9.40 Å². The quantitative estimate of drug-likeness (QED) is 0.669. The molecular weight excluding hydrogens is 402 g/mol. The molecule has 0 radical (unpaired) electrons. The summed E-state index contributed by atoms with van der Waals surface area (Å²) in [5.74, 6) is 0.477. The number of sulfonamides is 1. The number of rotatable bonds is 7. The van der Waals surface area contributed by atoms with E-state index < -0.39 is 10.0 Å². The molecule has 2 aromatic rings. The van der Waals surface area contributed by atoms with E-state index in [9.17, 15) is 13.2 Å². The fraction of sp³-hybridized carbons (Fsp3) is 0.667. The van der Waals surface area contributed by atoms with E-state index in [-0.39, 0.29) is 11.7 Å². The molecule has 8 nitrogen and oxygen atoms in total. The average molecular weight is 434 g/mol. The number of hydrogen-bond acceptors (Lipinski definition) is 5. The van der Waals surface area contributed by atoms with E-state index in [2.05, 4.69) is 12.0 Å². The van der Waals surface area contributed by atoms with Crippen LogP contribution in [0.25, 0.3) is 11.0 Å². The van der Waals surface area contributed by atoms with Gasteiger partial charge in [0.1, 0.15) is 0 Å². The zero-order valence-electron chi connectivity index (χ0n) is 18.1. The highest BCUT2D eigenvalue weighted by Crippen LogP contribution is 2.40. The molecule has 164 valence electrons. The van der Waals surface area contributed by atoms with Gasteiger partial charge >= 0.3 is 0 Å². The van der Waals surface area contributed by atoms with Crippen molar-refractivity contribution in [2.75, 3.05) is 31.9 Å². The number of pyridine rings is 1. The first kappa shape index (κ1) is 21.2. The van der Waals surface area contributed by atoms with Crippen molar-refractivity contribution in [2.24, 2.45) is 0 Å². The second-order valence-corrected chi connectivity index (χ2v) is 10.6. The Morgan fingerprint density at radius 1 is 1.17 bits per heavy atom. The number of hydrogen-bond donors (Lipinski definition) is 0. The lowest BCUT2D eigenvalue weighted by Crippen LogP contribution is -2.50. The first-order valence-corrected chi connectivity index (χ1v) is 12.6. The normalized spacial score (nSPS) is 18.3. The average Bonchev–Trinajstić information content (AvgIpc) is 3.56. The Labute approximate surface area is 178 Å². The third-order valence-electron chi connectivity index (χ3n) is 6.13. The van der Waals surface area contributed by atoms with Crippen molar-refractivity contribution >= 4 is 27.0 Å². The molecule has 9 heteroatoms. The van der Waals surface area contributed by atoms with Crippen LogP contribution in [0.5, 0.6) is 0 Å². The summed E-state index contributed by atoms with van der Waals surface area (Å²) in [5, 5.41) is 5.52. The number of fused-ring (bicyclic) bond motifs is 1. The van der Waals surface area contributed by atoms with Gasteiger partial charge in [0.2, 0.25) is 10.0 Å². The van der Waals surface area contributed by atoms with Crippen LogP contribution in [0.1, 0.15) is 67.2 Å². The molecule has 0 aromatic carbocycles. The van der Waals surface area contributed by atoms with E-state index in [1.54, 1.807) is 11.8 Å². The van der Waals surface area contributed by atoms with Crippen LogP contribution in [-0.2, 0) is 16.6 Å². The van der Waals surface area contributed by atoms with Crippen molar-refractivity contribution in [2.45, 2.75) is 58.9 Å². The van der Waals surface area contributed by atoms with Crippen molar-refractivity contribution in [3.8, 4) is 0 Å². The third kappa shape index (κ3) is 3.97. The monoisotopic (exact) mass is 433 g/mol. The predicted molar refractivity (Wildman–Crippen MR) is 116 cm³/mol. The fourth-order valence-corrected chi connectivity index (χ4v) is 5.20. The first-order chi connectivity index (χ1) is 14.4. The van der Waals surface area contributed by atoms with Gasteiger partial charge in [-0.05, 0) is 39.2 Å². The summed E-state index contributed by atoms with van der Waals surface area (Å²) in [5.41, 5.74) is 3.28. The standard InChI is InChI=1S/C21H31N5O3S/c1-4-6-9-26-20-19(15(3)23-26)17(14-18(22-20)16-7-8-16)21(27)24-10-12-25(13-11-24)30(28,29)5-2/h14,16H,4-13H2,1-3H3. The number of nitrogens with zero attached hydrogens (tertiary/aromatic N) is 5. The van der Waals surface area contributed by atoms with Crippen LogP contribution in [0.4, 0.5) is 0 Å². The minimum absolute atomic E-state index is 0.0454. The van der Waals surface area contributed by atoms with E-state index in [1.807, 2.05) is 17.7 Å². The number of piperazine rings is 1. The summed E-state index contributed by atoms with van der Waals surface area (Å²) in [6.07, 6.45) is 4.31. The summed E-state index contributed by atoms with van der Waals surface area (Å²) in [6, 6.07) is 1.95. The molecule has 2 fully saturated rings. The lowest BCUT2D eigenvalue weighted by molar-refractivity contribution is 0.0699. The van der Waals surface area contributed by atoms with Gasteiger partial charge in [-0.1, -0.05) is 13.3 Å². The van der Waals surface area contributed by atoms with Crippen LogP contribution in [0, 0.1) is 6.92 Å². The second kappa shape index (κ2) is 8.26. The Kier molecular flexibility index (Phi) is 5.85. The lowest BCUT2D eigenvalue weighted by atomic mass is 10.1. The smallest absolute Gasteiger partial charge is 0.254 e. The molecule has 0 N–H and O–H groups in total. The van der Waals surface area contributed by atoms with Crippen molar-refractivity contribution in [1.82, 2.24) is 24.0 Å². The highest BCUT2D eigenvalue weighted by molar-refractivity contribution is 7.89. The summed E-state index contributed by atoms with van der Waals surface area (Å²) in [6.45, 7) is 8.04. The number of carbonyl (C=O) groups is 1. The Bertz CT molecular complexity index is 1050. The number of unbranched alkanes of at least 4 members (excludes halogenated alkanes) is 1. The molecule has 1 saturated carbocycles. The van der Waals surface area contributed by atoms with Crippen molar-refractivity contribution in [1.29, 1.82) is 0 Å². The molecule has 4 rings (SSSR count). The van der Waals surface area contributed by atoms with Crippen LogP contribution in [0.3, 0.4) is 0 Å². The minimum Gasteiger partial charge on any atom is -0.336 e. The van der Waals surface area contributed by atoms with Crippen LogP contribution >= 0.6 is 0 Å². The largest absolute Gasteiger partial charge is 0.336 e. The van der Waals surface area contributed by atoms with E-state index in [4.69, 9.17) is 4.98 Å². The maximum absolute atomic E-state index is 13.5. The van der Waals surface area contributed by atoms with Crippen molar-refractivity contribution in [3.63, 3.8) is 0 Å². The molecule has 2 aliphatic rings. The minimum atomic E-state index is -3.22. The summed E-state index contributed by atoms with van der Waals surface area (Å²) in [7, 11) is -3.22. The second-order valence-electron chi connectivity index (χ2n) is 8.32. The molecule has 0 spiro atoms. The molecule has 0 atom stereocenters. The van der Waals surface area contributed by atoms with Gasteiger partial charge in [0.05, 0.1) is 22.4 Å². The zero-order valence-corrected chi connectivity index (χ0v) is 18.9. The van der Waals surface area contributed by atoms with E-state index in [1.165, 1.54) is 4.31 Å².